The van der Waals surface area contributed by atoms with Crippen LogP contribution in [-0.2, 0) is 0 Å². The second-order valence-corrected chi connectivity index (χ2v) is 5.39. The van der Waals surface area contributed by atoms with Crippen LogP contribution < -0.4 is 14.4 Å². The molecule has 8 heteroatoms. The maximum absolute atomic E-state index is 14.3. The number of aromatic nitrogens is 1. The quantitative estimate of drug-likeness (QED) is 0.618. The third-order valence-corrected chi connectivity index (χ3v) is 3.88. The second kappa shape index (κ2) is 6.69. The Kier molecular flexibility index (Phi) is 4.45. The first-order chi connectivity index (χ1) is 11.6. The lowest BCUT2D eigenvalue weighted by atomic mass is 10.2. The number of nitro benzene ring substituents is 1. The highest BCUT2D eigenvalue weighted by atomic mass is 19.1. The fraction of sp³-hybridized carbons (Fsp3) is 0.312. The van der Waals surface area contributed by atoms with Crippen LogP contribution in [0.2, 0.25) is 0 Å². The number of ether oxygens (including phenoxy) is 2. The van der Waals surface area contributed by atoms with Crippen molar-refractivity contribution in [2.75, 3.05) is 25.1 Å². The number of methoxy groups -OCH3 is 1. The molecule has 0 saturated carbocycles. The van der Waals surface area contributed by atoms with Gasteiger partial charge in [-0.05, 0) is 12.1 Å². The van der Waals surface area contributed by atoms with Crippen LogP contribution >= 0.6 is 0 Å². The maximum Gasteiger partial charge on any atom is 0.313 e. The molecule has 3 rings (SSSR count). The van der Waals surface area contributed by atoms with E-state index in [1.54, 1.807) is 29.4 Å². The number of pyridine rings is 1. The van der Waals surface area contributed by atoms with Gasteiger partial charge in [0.05, 0.1) is 30.3 Å². The van der Waals surface area contributed by atoms with Crippen LogP contribution in [-0.4, -0.2) is 36.2 Å². The largest absolute Gasteiger partial charge is 0.490 e. The van der Waals surface area contributed by atoms with Gasteiger partial charge in [0.1, 0.15) is 11.9 Å². The minimum atomic E-state index is -0.662. The molecule has 0 bridgehead atoms. The molecule has 1 aromatic heterocycles. The Hall–Kier alpha value is -2.90. The lowest BCUT2D eigenvalue weighted by molar-refractivity contribution is -0.385. The van der Waals surface area contributed by atoms with E-state index < -0.39 is 10.7 Å². The minimum Gasteiger partial charge on any atom is -0.490 e. The molecular formula is C16H16FN3O4. The molecule has 126 valence electrons. The average Bonchev–Trinajstić information content (AvgIpc) is 3.03. The molecule has 1 aliphatic rings. The van der Waals surface area contributed by atoms with Gasteiger partial charge in [-0.3, -0.25) is 15.1 Å². The van der Waals surface area contributed by atoms with E-state index in [9.17, 15) is 14.5 Å². The summed E-state index contributed by atoms with van der Waals surface area (Å²) >= 11 is 0. The van der Waals surface area contributed by atoms with Gasteiger partial charge in [0.25, 0.3) is 0 Å². The Bertz CT molecular complexity index is 742. The number of nitro groups is 1. The summed E-state index contributed by atoms with van der Waals surface area (Å²) in [5.74, 6) is 0.0977. The van der Waals surface area contributed by atoms with E-state index in [4.69, 9.17) is 9.47 Å². The van der Waals surface area contributed by atoms with Gasteiger partial charge >= 0.3 is 5.69 Å². The first kappa shape index (κ1) is 16.0. The van der Waals surface area contributed by atoms with Crippen molar-refractivity contribution in [2.45, 2.75) is 12.5 Å². The Morgan fingerprint density at radius 1 is 1.38 bits per heavy atom. The molecular weight excluding hydrogens is 317 g/mol. The molecule has 1 aromatic carbocycles. The van der Waals surface area contributed by atoms with Crippen molar-refractivity contribution in [2.24, 2.45) is 0 Å². The lowest BCUT2D eigenvalue weighted by Crippen LogP contribution is -2.25. The normalized spacial score (nSPS) is 16.9. The van der Waals surface area contributed by atoms with Crippen LogP contribution in [0.25, 0.3) is 0 Å². The molecule has 1 saturated heterocycles. The van der Waals surface area contributed by atoms with Crippen LogP contribution in [0, 0.1) is 15.9 Å². The molecule has 1 aliphatic heterocycles. The fourth-order valence-electron chi connectivity index (χ4n) is 2.73. The van der Waals surface area contributed by atoms with Crippen molar-refractivity contribution in [1.29, 1.82) is 0 Å². The van der Waals surface area contributed by atoms with Gasteiger partial charge in [-0.15, -0.1) is 0 Å². The van der Waals surface area contributed by atoms with Crippen LogP contribution in [0.15, 0.2) is 36.7 Å². The molecule has 7 nitrogen and oxygen atoms in total. The number of hydrogen-bond donors (Lipinski definition) is 0. The SMILES string of the molecule is COc1cc(N2CCC(Oc3ccncc3)C2)c(F)cc1[N+](=O)[O-]. The Morgan fingerprint density at radius 2 is 2.12 bits per heavy atom. The van der Waals surface area contributed by atoms with Gasteiger partial charge in [0.15, 0.2) is 11.6 Å². The molecule has 24 heavy (non-hydrogen) atoms. The predicted octanol–water partition coefficient (Wildman–Crippen LogP) is 2.80. The van der Waals surface area contributed by atoms with E-state index in [0.717, 1.165) is 12.5 Å². The molecule has 0 radical (unpaired) electrons. The molecule has 2 aromatic rings. The molecule has 0 spiro atoms. The molecule has 1 unspecified atom stereocenters. The molecule has 1 atom stereocenters. The smallest absolute Gasteiger partial charge is 0.313 e. The minimum absolute atomic E-state index is 0.0369. The molecule has 1 fully saturated rings. The zero-order chi connectivity index (χ0) is 17.1. The number of halogens is 1. The number of hydrogen-bond acceptors (Lipinski definition) is 6. The van der Waals surface area contributed by atoms with E-state index in [-0.39, 0.29) is 23.2 Å². The van der Waals surface area contributed by atoms with Crippen LogP contribution in [0.5, 0.6) is 11.5 Å². The average molecular weight is 333 g/mol. The van der Waals surface area contributed by atoms with Crippen LogP contribution in [0.3, 0.4) is 0 Å². The summed E-state index contributed by atoms with van der Waals surface area (Å²) in [5.41, 5.74) is -0.110. The van der Waals surface area contributed by atoms with Crippen molar-refractivity contribution in [1.82, 2.24) is 4.98 Å². The summed E-state index contributed by atoms with van der Waals surface area (Å²) in [7, 11) is 1.32. The molecule has 0 amide bonds. The van der Waals surface area contributed by atoms with Gasteiger partial charge in [-0.2, -0.15) is 0 Å². The standard InChI is InChI=1S/C16H16FN3O4/c1-23-16-9-14(13(17)8-15(16)20(21)22)19-7-4-12(10-19)24-11-2-5-18-6-3-11/h2-3,5-6,8-9,12H,4,7,10H2,1H3. The topological polar surface area (TPSA) is 77.7 Å². The van der Waals surface area contributed by atoms with Crippen LogP contribution in [0.1, 0.15) is 6.42 Å². The summed E-state index contributed by atoms with van der Waals surface area (Å²) in [6.07, 6.45) is 3.92. The van der Waals surface area contributed by atoms with E-state index in [1.165, 1.54) is 13.2 Å². The zero-order valence-corrected chi connectivity index (χ0v) is 13.0. The van der Waals surface area contributed by atoms with E-state index in [2.05, 4.69) is 4.98 Å². The highest BCUT2D eigenvalue weighted by Crippen LogP contribution is 2.35. The third-order valence-electron chi connectivity index (χ3n) is 3.88. The van der Waals surface area contributed by atoms with Crippen molar-refractivity contribution < 1.29 is 18.8 Å². The van der Waals surface area contributed by atoms with E-state index in [0.29, 0.717) is 18.8 Å². The van der Waals surface area contributed by atoms with Gasteiger partial charge in [-0.1, -0.05) is 0 Å². The van der Waals surface area contributed by atoms with Gasteiger partial charge in [0.2, 0.25) is 0 Å². The Balaban J connectivity index is 1.77. The monoisotopic (exact) mass is 333 g/mol. The lowest BCUT2D eigenvalue weighted by Gasteiger charge is -2.20. The number of anilines is 1. The summed E-state index contributed by atoms with van der Waals surface area (Å²) in [5, 5.41) is 10.9. The van der Waals surface area contributed by atoms with E-state index >= 15 is 0 Å². The van der Waals surface area contributed by atoms with Gasteiger partial charge in [-0.25, -0.2) is 4.39 Å². The molecule has 2 heterocycles. The number of nitrogens with zero attached hydrogens (tertiary/aromatic N) is 3. The number of rotatable bonds is 5. The van der Waals surface area contributed by atoms with Crippen molar-refractivity contribution in [3.63, 3.8) is 0 Å². The van der Waals surface area contributed by atoms with Crippen molar-refractivity contribution >= 4 is 11.4 Å². The highest BCUT2D eigenvalue weighted by molar-refractivity contribution is 5.60. The van der Waals surface area contributed by atoms with Crippen molar-refractivity contribution in [3.05, 3.63) is 52.6 Å². The predicted molar refractivity (Wildman–Crippen MR) is 85.1 cm³/mol. The van der Waals surface area contributed by atoms with Crippen molar-refractivity contribution in [3.8, 4) is 11.5 Å². The molecule has 0 aliphatic carbocycles. The summed E-state index contributed by atoms with van der Waals surface area (Å²) in [6, 6.07) is 5.78. The summed E-state index contributed by atoms with van der Waals surface area (Å²) in [4.78, 5) is 16.0. The first-order valence-electron chi connectivity index (χ1n) is 7.42. The van der Waals surface area contributed by atoms with Gasteiger partial charge in [0, 0.05) is 31.4 Å². The maximum atomic E-state index is 14.3. The number of benzene rings is 1. The fourth-order valence-corrected chi connectivity index (χ4v) is 2.73. The second-order valence-electron chi connectivity index (χ2n) is 5.39. The summed E-state index contributed by atoms with van der Waals surface area (Å²) in [6.45, 7) is 1.08. The van der Waals surface area contributed by atoms with Gasteiger partial charge < -0.3 is 14.4 Å². The summed E-state index contributed by atoms with van der Waals surface area (Å²) < 4.78 is 25.1. The van der Waals surface area contributed by atoms with E-state index in [1.807, 2.05) is 0 Å². The zero-order valence-electron chi connectivity index (χ0n) is 13.0. The van der Waals surface area contributed by atoms with Crippen LogP contribution in [0.4, 0.5) is 15.8 Å². The highest BCUT2D eigenvalue weighted by Gasteiger charge is 2.28. The third kappa shape index (κ3) is 3.22. The Morgan fingerprint density at radius 3 is 2.79 bits per heavy atom. The molecule has 0 N–H and O–H groups in total. The first-order valence-corrected chi connectivity index (χ1v) is 7.42. The Labute approximate surface area is 137 Å².